The van der Waals surface area contributed by atoms with Crippen LogP contribution in [0.1, 0.15) is 11.4 Å². The van der Waals surface area contributed by atoms with E-state index in [2.05, 4.69) is 37.3 Å². The van der Waals surface area contributed by atoms with Crippen molar-refractivity contribution in [2.24, 2.45) is 0 Å². The number of thiophene rings is 1. The first-order chi connectivity index (χ1) is 9.74. The van der Waals surface area contributed by atoms with Crippen molar-refractivity contribution in [3.63, 3.8) is 0 Å². The largest absolute Gasteiger partial charge is 0.308 e. The fourth-order valence-corrected chi connectivity index (χ4v) is 3.11. The summed E-state index contributed by atoms with van der Waals surface area (Å²) in [6, 6.07) is 9.91. The standard InChI is InChI=1S/C14H12BrN3OS/c15-10-4-2-1-3-9(10)7-16-8-12-17-11-5-6-20-13(11)14(19)18-12/h1-6,16H,7-8H2,(H,17,18,19). The lowest BCUT2D eigenvalue weighted by Crippen LogP contribution is -2.18. The van der Waals surface area contributed by atoms with Gasteiger partial charge in [0, 0.05) is 11.0 Å². The predicted molar refractivity (Wildman–Crippen MR) is 84.9 cm³/mol. The van der Waals surface area contributed by atoms with Gasteiger partial charge in [-0.25, -0.2) is 4.98 Å². The Morgan fingerprint density at radius 3 is 2.95 bits per heavy atom. The molecule has 4 nitrogen and oxygen atoms in total. The van der Waals surface area contributed by atoms with Crippen molar-refractivity contribution in [3.8, 4) is 0 Å². The molecule has 2 aromatic heterocycles. The Labute approximate surface area is 128 Å². The molecule has 6 heteroatoms. The molecule has 2 heterocycles. The molecule has 0 radical (unpaired) electrons. The number of aromatic nitrogens is 2. The van der Waals surface area contributed by atoms with Gasteiger partial charge in [0.2, 0.25) is 0 Å². The fourth-order valence-electron chi connectivity index (χ4n) is 1.96. The molecule has 0 aliphatic rings. The van der Waals surface area contributed by atoms with Crippen LogP contribution in [-0.2, 0) is 13.1 Å². The summed E-state index contributed by atoms with van der Waals surface area (Å²) in [6.07, 6.45) is 0. The van der Waals surface area contributed by atoms with Gasteiger partial charge in [0.15, 0.2) is 0 Å². The highest BCUT2D eigenvalue weighted by molar-refractivity contribution is 9.10. The molecule has 102 valence electrons. The quantitative estimate of drug-likeness (QED) is 0.761. The minimum absolute atomic E-state index is 0.0670. The highest BCUT2D eigenvalue weighted by Crippen LogP contribution is 2.16. The number of nitrogens with one attached hydrogen (secondary N) is 2. The number of nitrogens with zero attached hydrogens (tertiary/aromatic N) is 1. The first-order valence-corrected chi connectivity index (χ1v) is 7.82. The number of aromatic amines is 1. The molecule has 0 atom stereocenters. The van der Waals surface area contributed by atoms with E-state index in [-0.39, 0.29) is 5.56 Å². The van der Waals surface area contributed by atoms with Crippen LogP contribution in [0.2, 0.25) is 0 Å². The number of benzene rings is 1. The zero-order chi connectivity index (χ0) is 13.9. The van der Waals surface area contributed by atoms with Gasteiger partial charge in [0.05, 0.1) is 12.1 Å². The second-order valence-corrected chi connectivity index (χ2v) is 6.11. The maximum Gasteiger partial charge on any atom is 0.268 e. The third kappa shape index (κ3) is 2.82. The highest BCUT2D eigenvalue weighted by Gasteiger charge is 2.05. The Kier molecular flexibility index (Phi) is 3.95. The summed E-state index contributed by atoms with van der Waals surface area (Å²) in [7, 11) is 0. The van der Waals surface area contributed by atoms with Crippen LogP contribution in [0, 0.1) is 0 Å². The Hall–Kier alpha value is -1.50. The Morgan fingerprint density at radius 2 is 2.10 bits per heavy atom. The molecule has 0 bridgehead atoms. The van der Waals surface area contributed by atoms with Crippen LogP contribution in [0.4, 0.5) is 0 Å². The van der Waals surface area contributed by atoms with E-state index in [0.717, 1.165) is 9.99 Å². The molecule has 1 aromatic carbocycles. The van der Waals surface area contributed by atoms with E-state index in [1.54, 1.807) is 0 Å². The molecule has 0 amide bonds. The van der Waals surface area contributed by atoms with Gasteiger partial charge < -0.3 is 10.3 Å². The molecular weight excluding hydrogens is 338 g/mol. The number of fused-ring (bicyclic) bond motifs is 1. The molecule has 0 spiro atoms. The maximum atomic E-state index is 11.8. The van der Waals surface area contributed by atoms with Crippen LogP contribution >= 0.6 is 27.3 Å². The Morgan fingerprint density at radius 1 is 1.25 bits per heavy atom. The van der Waals surface area contributed by atoms with Crippen molar-refractivity contribution < 1.29 is 0 Å². The smallest absolute Gasteiger partial charge is 0.268 e. The van der Waals surface area contributed by atoms with Gasteiger partial charge >= 0.3 is 0 Å². The second kappa shape index (κ2) is 5.87. The van der Waals surface area contributed by atoms with Gasteiger partial charge in [-0.15, -0.1) is 11.3 Å². The summed E-state index contributed by atoms with van der Waals surface area (Å²) >= 11 is 4.92. The lowest BCUT2D eigenvalue weighted by atomic mass is 10.2. The van der Waals surface area contributed by atoms with Crippen LogP contribution in [0.15, 0.2) is 45.0 Å². The zero-order valence-corrected chi connectivity index (χ0v) is 12.9. The highest BCUT2D eigenvalue weighted by atomic mass is 79.9. The Balaban J connectivity index is 1.71. The first kappa shape index (κ1) is 13.5. The van der Waals surface area contributed by atoms with E-state index < -0.39 is 0 Å². The molecule has 0 aliphatic carbocycles. The van der Waals surface area contributed by atoms with E-state index in [1.807, 2.05) is 29.6 Å². The van der Waals surface area contributed by atoms with Crippen molar-refractivity contribution in [1.29, 1.82) is 0 Å². The molecular formula is C14H12BrN3OS. The van der Waals surface area contributed by atoms with E-state index in [0.29, 0.717) is 23.6 Å². The van der Waals surface area contributed by atoms with Gasteiger partial charge in [-0.1, -0.05) is 34.1 Å². The third-order valence-electron chi connectivity index (χ3n) is 2.93. The predicted octanol–water partition coefficient (Wildman–Crippen LogP) is 3.04. The van der Waals surface area contributed by atoms with Gasteiger partial charge in [0.25, 0.3) is 5.56 Å². The molecule has 0 aliphatic heterocycles. The molecule has 20 heavy (non-hydrogen) atoms. The second-order valence-electron chi connectivity index (χ2n) is 4.34. The normalized spacial score (nSPS) is 11.1. The first-order valence-electron chi connectivity index (χ1n) is 6.14. The van der Waals surface area contributed by atoms with Crippen LogP contribution < -0.4 is 10.9 Å². The van der Waals surface area contributed by atoms with E-state index >= 15 is 0 Å². The monoisotopic (exact) mass is 349 g/mol. The van der Waals surface area contributed by atoms with Gasteiger partial charge in [-0.05, 0) is 23.1 Å². The van der Waals surface area contributed by atoms with Crippen LogP contribution in [-0.4, -0.2) is 9.97 Å². The topological polar surface area (TPSA) is 57.8 Å². The van der Waals surface area contributed by atoms with Crippen molar-refractivity contribution in [1.82, 2.24) is 15.3 Å². The zero-order valence-electron chi connectivity index (χ0n) is 10.5. The van der Waals surface area contributed by atoms with Gasteiger partial charge in [-0.3, -0.25) is 4.79 Å². The summed E-state index contributed by atoms with van der Waals surface area (Å²) < 4.78 is 1.75. The SMILES string of the molecule is O=c1[nH]c(CNCc2ccccc2Br)nc2ccsc12. The number of rotatable bonds is 4. The molecule has 3 aromatic rings. The molecule has 0 saturated heterocycles. The molecule has 2 N–H and O–H groups in total. The van der Waals surface area contributed by atoms with Crippen LogP contribution in [0.5, 0.6) is 0 Å². The van der Waals surface area contributed by atoms with Crippen LogP contribution in [0.25, 0.3) is 10.2 Å². The fraction of sp³-hybridized carbons (Fsp3) is 0.143. The summed E-state index contributed by atoms with van der Waals surface area (Å²) in [6.45, 7) is 1.25. The van der Waals surface area contributed by atoms with Gasteiger partial charge in [0.1, 0.15) is 10.5 Å². The number of H-pyrrole nitrogens is 1. The van der Waals surface area contributed by atoms with E-state index in [1.165, 1.54) is 16.9 Å². The van der Waals surface area contributed by atoms with Crippen molar-refractivity contribution in [2.45, 2.75) is 13.1 Å². The molecule has 3 rings (SSSR count). The minimum atomic E-state index is -0.0670. The summed E-state index contributed by atoms with van der Waals surface area (Å²) in [4.78, 5) is 19.1. The maximum absolute atomic E-state index is 11.8. The minimum Gasteiger partial charge on any atom is -0.308 e. The van der Waals surface area contributed by atoms with Crippen molar-refractivity contribution in [2.75, 3.05) is 0 Å². The average molecular weight is 350 g/mol. The number of halogens is 1. The van der Waals surface area contributed by atoms with Gasteiger partial charge in [-0.2, -0.15) is 0 Å². The van der Waals surface area contributed by atoms with E-state index in [4.69, 9.17) is 0 Å². The molecule has 0 saturated carbocycles. The van der Waals surface area contributed by atoms with Crippen molar-refractivity contribution in [3.05, 3.63) is 61.9 Å². The lowest BCUT2D eigenvalue weighted by Gasteiger charge is -2.06. The average Bonchev–Trinajstić information content (AvgIpc) is 2.90. The van der Waals surface area contributed by atoms with Crippen molar-refractivity contribution >= 4 is 37.5 Å². The summed E-state index contributed by atoms with van der Waals surface area (Å²) in [5, 5.41) is 5.16. The lowest BCUT2D eigenvalue weighted by molar-refractivity contribution is 0.662. The number of hydrogen-bond donors (Lipinski definition) is 2. The van der Waals surface area contributed by atoms with Crippen LogP contribution in [0.3, 0.4) is 0 Å². The molecule has 0 unspecified atom stereocenters. The Bertz CT molecular complexity index is 796. The third-order valence-corrected chi connectivity index (χ3v) is 4.61. The summed E-state index contributed by atoms with van der Waals surface area (Å²) in [5.74, 6) is 0.660. The number of hydrogen-bond acceptors (Lipinski definition) is 4. The molecule has 0 fully saturated rings. The van der Waals surface area contributed by atoms with E-state index in [9.17, 15) is 4.79 Å². The summed E-state index contributed by atoms with van der Waals surface area (Å²) in [5.41, 5.74) is 1.87.